The highest BCUT2D eigenvalue weighted by molar-refractivity contribution is 6.31. The first-order valence-electron chi connectivity index (χ1n) is 8.35. The zero-order chi connectivity index (χ0) is 17.6. The Morgan fingerprint density at radius 3 is 2.68 bits per heavy atom. The minimum absolute atomic E-state index is 0.0952. The van der Waals surface area contributed by atoms with Crippen LogP contribution in [0.5, 0.6) is 0 Å². The van der Waals surface area contributed by atoms with Crippen LogP contribution >= 0.6 is 11.6 Å². The summed E-state index contributed by atoms with van der Waals surface area (Å²) in [6.45, 7) is 5.20. The van der Waals surface area contributed by atoms with Gasteiger partial charge in [-0.15, -0.1) is 0 Å². The van der Waals surface area contributed by atoms with E-state index >= 15 is 0 Å². The van der Waals surface area contributed by atoms with Crippen molar-refractivity contribution in [1.82, 2.24) is 0 Å². The van der Waals surface area contributed by atoms with E-state index in [-0.39, 0.29) is 12.5 Å². The highest BCUT2D eigenvalue weighted by Crippen LogP contribution is 2.29. The summed E-state index contributed by atoms with van der Waals surface area (Å²) in [7, 11) is 0. The lowest BCUT2D eigenvalue weighted by Gasteiger charge is -2.30. The Balaban J connectivity index is 1.66. The number of amides is 1. The molecule has 2 aromatic carbocycles. The minimum atomic E-state index is -0.0952. The van der Waals surface area contributed by atoms with Crippen molar-refractivity contribution in [3.63, 3.8) is 0 Å². The van der Waals surface area contributed by atoms with Crippen LogP contribution in [0.2, 0.25) is 5.02 Å². The van der Waals surface area contributed by atoms with E-state index in [1.807, 2.05) is 49.4 Å². The van der Waals surface area contributed by atoms with E-state index < -0.39 is 0 Å². The largest absolute Gasteiger partial charge is 0.378 e. The van der Waals surface area contributed by atoms with Crippen molar-refractivity contribution in [3.8, 4) is 0 Å². The molecule has 1 saturated heterocycles. The molecular formula is C19H22ClN3O2. The molecule has 0 spiro atoms. The highest BCUT2D eigenvalue weighted by Gasteiger charge is 2.15. The number of ether oxygens (including phenoxy) is 1. The fraction of sp³-hybridized carbons (Fsp3) is 0.316. The van der Waals surface area contributed by atoms with Crippen molar-refractivity contribution < 1.29 is 9.53 Å². The number of halogens is 1. The van der Waals surface area contributed by atoms with E-state index in [2.05, 4.69) is 15.5 Å². The second-order valence-corrected chi connectivity index (χ2v) is 6.41. The summed E-state index contributed by atoms with van der Waals surface area (Å²) in [6.07, 6.45) is 0. The van der Waals surface area contributed by atoms with E-state index in [4.69, 9.17) is 16.3 Å². The molecule has 1 heterocycles. The van der Waals surface area contributed by atoms with Crippen LogP contribution in [-0.4, -0.2) is 38.8 Å². The molecule has 1 fully saturated rings. The van der Waals surface area contributed by atoms with Gasteiger partial charge in [0.2, 0.25) is 5.91 Å². The maximum Gasteiger partial charge on any atom is 0.243 e. The summed E-state index contributed by atoms with van der Waals surface area (Å²) in [4.78, 5) is 14.5. The molecule has 0 unspecified atom stereocenters. The normalized spacial score (nSPS) is 14.2. The van der Waals surface area contributed by atoms with Gasteiger partial charge in [0.1, 0.15) is 0 Å². The molecule has 1 aliphatic heterocycles. The minimum Gasteiger partial charge on any atom is -0.378 e. The third kappa shape index (κ3) is 4.65. The van der Waals surface area contributed by atoms with Gasteiger partial charge in [0.15, 0.2) is 0 Å². The number of hydrogen-bond acceptors (Lipinski definition) is 4. The van der Waals surface area contributed by atoms with Crippen molar-refractivity contribution >= 4 is 34.6 Å². The summed E-state index contributed by atoms with van der Waals surface area (Å²) in [5, 5.41) is 6.78. The van der Waals surface area contributed by atoms with Gasteiger partial charge in [-0.2, -0.15) is 0 Å². The van der Waals surface area contributed by atoms with Gasteiger partial charge in [-0.05, 0) is 36.8 Å². The molecule has 0 atom stereocenters. The van der Waals surface area contributed by atoms with Crippen molar-refractivity contribution in [3.05, 3.63) is 53.1 Å². The van der Waals surface area contributed by atoms with Crippen molar-refractivity contribution in [2.24, 2.45) is 0 Å². The monoisotopic (exact) mass is 359 g/mol. The molecule has 1 aliphatic rings. The number of nitrogens with zero attached hydrogens (tertiary/aromatic N) is 1. The Morgan fingerprint density at radius 1 is 1.16 bits per heavy atom. The Bertz CT molecular complexity index is 745. The third-order valence-electron chi connectivity index (χ3n) is 4.17. The lowest BCUT2D eigenvalue weighted by atomic mass is 10.2. The second kappa shape index (κ2) is 8.23. The van der Waals surface area contributed by atoms with Gasteiger partial charge in [-0.25, -0.2) is 0 Å². The average Bonchev–Trinajstić information content (AvgIpc) is 2.63. The number of anilines is 3. The number of para-hydroxylation sites is 1. The first kappa shape index (κ1) is 17.6. The van der Waals surface area contributed by atoms with E-state index in [9.17, 15) is 4.79 Å². The van der Waals surface area contributed by atoms with E-state index in [0.29, 0.717) is 18.2 Å². The van der Waals surface area contributed by atoms with Crippen LogP contribution in [0.1, 0.15) is 5.56 Å². The van der Waals surface area contributed by atoms with Crippen molar-refractivity contribution in [2.45, 2.75) is 6.92 Å². The number of carbonyl (C=O) groups excluding carboxylic acids is 1. The fourth-order valence-corrected chi connectivity index (χ4v) is 2.99. The van der Waals surface area contributed by atoms with Gasteiger partial charge in [-0.3, -0.25) is 4.79 Å². The molecule has 0 aliphatic carbocycles. The number of aryl methyl sites for hydroxylation is 1. The number of nitrogens with one attached hydrogen (secondary N) is 2. The standard InChI is InChI=1S/C19H22ClN3O2/c1-14-4-2-3-5-16(14)22-19(24)13-21-17-12-15(20)6-7-18(17)23-8-10-25-11-9-23/h2-7,12,21H,8-11,13H2,1H3,(H,22,24). The average molecular weight is 360 g/mol. The number of morpholine rings is 1. The summed E-state index contributed by atoms with van der Waals surface area (Å²) in [5.74, 6) is -0.0952. The van der Waals surface area contributed by atoms with Gasteiger partial charge in [0.25, 0.3) is 0 Å². The van der Waals surface area contributed by atoms with Crippen LogP contribution in [0, 0.1) is 6.92 Å². The molecule has 3 rings (SSSR count). The van der Waals surface area contributed by atoms with Crippen LogP contribution in [0.25, 0.3) is 0 Å². The molecule has 2 N–H and O–H groups in total. The number of carbonyl (C=O) groups is 1. The lowest BCUT2D eigenvalue weighted by Crippen LogP contribution is -2.36. The molecule has 2 aromatic rings. The van der Waals surface area contributed by atoms with Crippen LogP contribution in [-0.2, 0) is 9.53 Å². The Labute approximate surface area is 152 Å². The molecule has 1 amide bonds. The second-order valence-electron chi connectivity index (χ2n) is 5.98. The Morgan fingerprint density at radius 2 is 1.92 bits per heavy atom. The molecular weight excluding hydrogens is 338 g/mol. The molecule has 6 heteroatoms. The van der Waals surface area contributed by atoms with Crippen LogP contribution in [0.4, 0.5) is 17.1 Å². The Hall–Kier alpha value is -2.24. The highest BCUT2D eigenvalue weighted by atomic mass is 35.5. The zero-order valence-electron chi connectivity index (χ0n) is 14.2. The van der Waals surface area contributed by atoms with Crippen LogP contribution < -0.4 is 15.5 Å². The number of rotatable bonds is 5. The summed E-state index contributed by atoms with van der Waals surface area (Å²) in [5.41, 5.74) is 3.76. The molecule has 5 nitrogen and oxygen atoms in total. The van der Waals surface area contributed by atoms with Gasteiger partial charge in [0, 0.05) is 23.8 Å². The smallest absolute Gasteiger partial charge is 0.243 e. The number of benzene rings is 2. The SMILES string of the molecule is Cc1ccccc1NC(=O)CNc1cc(Cl)ccc1N1CCOCC1. The summed E-state index contributed by atoms with van der Waals surface area (Å²) < 4.78 is 5.41. The summed E-state index contributed by atoms with van der Waals surface area (Å²) in [6, 6.07) is 13.4. The van der Waals surface area contributed by atoms with Crippen molar-refractivity contribution in [2.75, 3.05) is 48.4 Å². The van der Waals surface area contributed by atoms with Crippen LogP contribution in [0.3, 0.4) is 0 Å². The van der Waals surface area contributed by atoms with E-state index in [0.717, 1.165) is 35.7 Å². The quantitative estimate of drug-likeness (QED) is 0.857. The van der Waals surface area contributed by atoms with Gasteiger partial charge < -0.3 is 20.3 Å². The fourth-order valence-electron chi connectivity index (χ4n) is 2.81. The van der Waals surface area contributed by atoms with E-state index in [1.165, 1.54) is 0 Å². The van der Waals surface area contributed by atoms with Crippen molar-refractivity contribution in [1.29, 1.82) is 0 Å². The van der Waals surface area contributed by atoms with Crippen LogP contribution in [0.15, 0.2) is 42.5 Å². The first-order chi connectivity index (χ1) is 12.1. The topological polar surface area (TPSA) is 53.6 Å². The van der Waals surface area contributed by atoms with Gasteiger partial charge in [0.05, 0.1) is 31.1 Å². The van der Waals surface area contributed by atoms with E-state index in [1.54, 1.807) is 0 Å². The lowest BCUT2D eigenvalue weighted by molar-refractivity contribution is -0.114. The predicted molar refractivity (Wildman–Crippen MR) is 103 cm³/mol. The molecule has 0 saturated carbocycles. The third-order valence-corrected chi connectivity index (χ3v) is 4.40. The zero-order valence-corrected chi connectivity index (χ0v) is 15.0. The molecule has 0 aromatic heterocycles. The molecule has 0 bridgehead atoms. The van der Waals surface area contributed by atoms with Gasteiger partial charge >= 0.3 is 0 Å². The maximum atomic E-state index is 12.3. The first-order valence-corrected chi connectivity index (χ1v) is 8.73. The maximum absolute atomic E-state index is 12.3. The number of hydrogen-bond donors (Lipinski definition) is 2. The molecule has 132 valence electrons. The predicted octanol–water partition coefficient (Wildman–Crippen LogP) is 3.54. The Kier molecular flexibility index (Phi) is 5.79. The molecule has 0 radical (unpaired) electrons. The summed E-state index contributed by atoms with van der Waals surface area (Å²) >= 11 is 6.14. The van der Waals surface area contributed by atoms with Gasteiger partial charge in [-0.1, -0.05) is 29.8 Å². The molecule has 25 heavy (non-hydrogen) atoms.